The Morgan fingerprint density at radius 2 is 2.04 bits per heavy atom. The van der Waals surface area contributed by atoms with Gasteiger partial charge in [-0.25, -0.2) is 4.99 Å². The molecule has 1 N–H and O–H groups in total. The second-order valence-electron chi connectivity index (χ2n) is 6.04. The first-order valence-electron chi connectivity index (χ1n) is 8.34. The monoisotopic (exact) mass is 431 g/mol. The number of nitrogens with one attached hydrogen (secondary N) is 1. The number of aliphatic imine (C=N–C) groups is 1. The molecule has 1 aliphatic carbocycles. The third-order valence-electron chi connectivity index (χ3n) is 4.16. The molecule has 0 radical (unpaired) electrons. The molecule has 1 unspecified atom stereocenters. The van der Waals surface area contributed by atoms with Crippen LogP contribution in [0.25, 0.3) is 0 Å². The highest BCUT2D eigenvalue weighted by molar-refractivity contribution is 9.11. The highest BCUT2D eigenvalue weighted by atomic mass is 79.9. The number of amides is 2. The molecule has 0 spiro atoms. The van der Waals surface area contributed by atoms with E-state index in [2.05, 4.69) is 26.2 Å². The van der Waals surface area contributed by atoms with Crippen molar-refractivity contribution in [2.75, 3.05) is 6.54 Å². The molecular formula is C19H18BrN3O2S. The zero-order valence-corrected chi connectivity index (χ0v) is 16.4. The molecule has 0 saturated heterocycles. The van der Waals surface area contributed by atoms with Crippen LogP contribution in [-0.2, 0) is 16.1 Å². The molecule has 0 saturated carbocycles. The molecule has 2 aliphatic rings. The van der Waals surface area contributed by atoms with E-state index in [-0.39, 0.29) is 16.9 Å². The predicted molar refractivity (Wildman–Crippen MR) is 109 cm³/mol. The van der Waals surface area contributed by atoms with E-state index in [1.54, 1.807) is 6.08 Å². The van der Waals surface area contributed by atoms with Crippen LogP contribution in [0.2, 0.25) is 0 Å². The summed E-state index contributed by atoms with van der Waals surface area (Å²) >= 11 is 8.63. The molecule has 2 amide bonds. The number of hydrogen-bond donors (Lipinski definition) is 1. The molecule has 1 aromatic rings. The lowest BCUT2D eigenvalue weighted by Gasteiger charge is -2.30. The second kappa shape index (κ2) is 8.51. The summed E-state index contributed by atoms with van der Waals surface area (Å²) in [4.78, 5) is 30.5. The van der Waals surface area contributed by atoms with Crippen molar-refractivity contribution in [3.05, 3.63) is 58.6 Å². The Hall–Kier alpha value is -2.12. The maximum atomic E-state index is 12.7. The summed E-state index contributed by atoms with van der Waals surface area (Å²) < 4.78 is 0.850. The number of nitrogens with zero attached hydrogens (tertiary/aromatic N) is 2. The Bertz CT molecular complexity index is 817. The van der Waals surface area contributed by atoms with Crippen LogP contribution in [0.4, 0.5) is 0 Å². The number of carbonyl (C=O) groups excluding carboxylic acids is 2. The molecule has 134 valence electrons. The van der Waals surface area contributed by atoms with Crippen molar-refractivity contribution in [3.8, 4) is 0 Å². The Balaban J connectivity index is 1.49. The zero-order valence-electron chi connectivity index (χ0n) is 14.0. The van der Waals surface area contributed by atoms with Crippen LogP contribution in [0.5, 0.6) is 0 Å². The summed E-state index contributed by atoms with van der Waals surface area (Å²) in [6.07, 6.45) is 6.33. The first-order chi connectivity index (χ1) is 12.5. The normalized spacial score (nSPS) is 19.0. The molecule has 5 nitrogen and oxygen atoms in total. The van der Waals surface area contributed by atoms with E-state index in [9.17, 15) is 9.59 Å². The number of fused-ring (bicyclic) bond motifs is 1. The van der Waals surface area contributed by atoms with E-state index in [0.29, 0.717) is 31.6 Å². The summed E-state index contributed by atoms with van der Waals surface area (Å²) in [6.45, 7) is 0.889. The van der Waals surface area contributed by atoms with E-state index >= 15 is 0 Å². The van der Waals surface area contributed by atoms with Crippen LogP contribution in [0.1, 0.15) is 18.4 Å². The van der Waals surface area contributed by atoms with Crippen molar-refractivity contribution in [2.45, 2.75) is 19.4 Å². The number of benzene rings is 1. The first kappa shape index (κ1) is 18.7. The van der Waals surface area contributed by atoms with Crippen molar-refractivity contribution >= 4 is 50.8 Å². The van der Waals surface area contributed by atoms with Crippen LogP contribution in [0, 0.1) is 5.92 Å². The zero-order chi connectivity index (χ0) is 18.5. The number of rotatable bonds is 6. The van der Waals surface area contributed by atoms with Crippen LogP contribution >= 0.6 is 28.1 Å². The van der Waals surface area contributed by atoms with Crippen LogP contribution in [0.3, 0.4) is 0 Å². The van der Waals surface area contributed by atoms with Gasteiger partial charge in [0.05, 0.1) is 5.71 Å². The quantitative estimate of drug-likeness (QED) is 0.703. The molecule has 26 heavy (non-hydrogen) atoms. The van der Waals surface area contributed by atoms with Crippen molar-refractivity contribution in [3.63, 3.8) is 0 Å². The van der Waals surface area contributed by atoms with Crippen molar-refractivity contribution < 1.29 is 9.59 Å². The van der Waals surface area contributed by atoms with E-state index in [0.717, 1.165) is 10.0 Å². The largest absolute Gasteiger partial charge is 0.352 e. The van der Waals surface area contributed by atoms with Crippen LogP contribution in [0.15, 0.2) is 58.0 Å². The standard InChI is InChI=1S/C19H18BrN3O2S/c20-14-8-9-16-15(11-14)18(25)23(19(26)22-16)10-4-7-17(24)21-12-13-5-2-1-3-6-13/h1-3,5-6,8-9,11,15H,4,7,10,12H2,(H,21,24). The Labute approximate surface area is 166 Å². The van der Waals surface area contributed by atoms with Gasteiger partial charge in [-0.05, 0) is 36.4 Å². The SMILES string of the molecule is O=C(CCCN1C(=O)C2C=C(Br)C=CC2=NC1=S)NCc1ccccc1. The van der Waals surface area contributed by atoms with Crippen molar-refractivity contribution in [1.29, 1.82) is 0 Å². The molecular weight excluding hydrogens is 414 g/mol. The van der Waals surface area contributed by atoms with Crippen molar-refractivity contribution in [1.82, 2.24) is 10.2 Å². The van der Waals surface area contributed by atoms with Gasteiger partial charge in [0.1, 0.15) is 5.92 Å². The molecule has 1 atom stereocenters. The van der Waals surface area contributed by atoms with Crippen molar-refractivity contribution in [2.24, 2.45) is 10.9 Å². The molecule has 7 heteroatoms. The fraction of sp³-hybridized carbons (Fsp3) is 0.263. The maximum absolute atomic E-state index is 12.7. The van der Waals surface area contributed by atoms with Gasteiger partial charge in [0, 0.05) is 24.0 Å². The third-order valence-corrected chi connectivity index (χ3v) is 5.00. The molecule has 0 bridgehead atoms. The van der Waals surface area contributed by atoms with Gasteiger partial charge < -0.3 is 5.32 Å². The summed E-state index contributed by atoms with van der Waals surface area (Å²) in [5.41, 5.74) is 1.72. The van der Waals surface area contributed by atoms with Gasteiger partial charge in [-0.15, -0.1) is 0 Å². The summed E-state index contributed by atoms with van der Waals surface area (Å²) in [5, 5.41) is 3.15. The van der Waals surface area contributed by atoms with Gasteiger partial charge in [0.2, 0.25) is 16.9 Å². The Kier molecular flexibility index (Phi) is 6.11. The maximum Gasteiger partial charge on any atom is 0.241 e. The number of thiocarbonyl (C=S) groups is 1. The minimum atomic E-state index is -0.409. The summed E-state index contributed by atoms with van der Waals surface area (Å²) in [5.74, 6) is -0.546. The minimum Gasteiger partial charge on any atom is -0.352 e. The lowest BCUT2D eigenvalue weighted by atomic mass is 9.95. The number of halogens is 1. The number of hydrogen-bond acceptors (Lipinski definition) is 3. The van der Waals surface area contributed by atoms with Gasteiger partial charge in [0.25, 0.3) is 0 Å². The smallest absolute Gasteiger partial charge is 0.241 e. The average molecular weight is 432 g/mol. The van der Waals surface area contributed by atoms with Gasteiger partial charge in [-0.2, -0.15) is 0 Å². The van der Waals surface area contributed by atoms with E-state index in [1.807, 2.05) is 42.5 Å². The summed E-state index contributed by atoms with van der Waals surface area (Å²) in [6, 6.07) is 9.74. The highest BCUT2D eigenvalue weighted by Crippen LogP contribution is 2.25. The fourth-order valence-corrected chi connectivity index (χ4v) is 3.48. The van der Waals surface area contributed by atoms with Crippen LogP contribution in [-0.4, -0.2) is 34.1 Å². The Morgan fingerprint density at radius 1 is 1.27 bits per heavy atom. The molecule has 1 aliphatic heterocycles. The topological polar surface area (TPSA) is 61.8 Å². The summed E-state index contributed by atoms with van der Waals surface area (Å²) in [7, 11) is 0. The highest BCUT2D eigenvalue weighted by Gasteiger charge is 2.34. The lowest BCUT2D eigenvalue weighted by Crippen LogP contribution is -2.46. The predicted octanol–water partition coefficient (Wildman–Crippen LogP) is 3.12. The molecule has 0 fully saturated rings. The van der Waals surface area contributed by atoms with E-state index < -0.39 is 5.92 Å². The van der Waals surface area contributed by atoms with Gasteiger partial charge in [0.15, 0.2) is 0 Å². The third kappa shape index (κ3) is 4.53. The number of allylic oxidation sites excluding steroid dienone is 3. The van der Waals surface area contributed by atoms with Gasteiger partial charge in [-0.1, -0.05) is 52.3 Å². The van der Waals surface area contributed by atoms with E-state index in [1.165, 1.54) is 4.90 Å². The number of carbonyl (C=O) groups is 2. The first-order valence-corrected chi connectivity index (χ1v) is 9.54. The molecule has 1 heterocycles. The molecule has 1 aromatic carbocycles. The Morgan fingerprint density at radius 3 is 2.81 bits per heavy atom. The van der Waals surface area contributed by atoms with E-state index in [4.69, 9.17) is 12.2 Å². The average Bonchev–Trinajstić information content (AvgIpc) is 2.64. The lowest BCUT2D eigenvalue weighted by molar-refractivity contribution is -0.129. The second-order valence-corrected chi connectivity index (χ2v) is 7.32. The molecule has 0 aromatic heterocycles. The fourth-order valence-electron chi connectivity index (χ4n) is 2.79. The van der Waals surface area contributed by atoms with Crippen LogP contribution < -0.4 is 5.32 Å². The molecule has 3 rings (SSSR count). The minimum absolute atomic E-state index is 0.0448. The van der Waals surface area contributed by atoms with Gasteiger partial charge in [-0.3, -0.25) is 14.5 Å². The van der Waals surface area contributed by atoms with Gasteiger partial charge >= 0.3 is 0 Å².